The molecule has 0 saturated heterocycles. The minimum Gasteiger partial charge on any atom is -0.344 e. The molecule has 0 unspecified atom stereocenters. The Morgan fingerprint density at radius 1 is 0.600 bits per heavy atom. The van der Waals surface area contributed by atoms with E-state index in [4.69, 9.17) is 0 Å². The van der Waals surface area contributed by atoms with E-state index in [1.807, 2.05) is 0 Å². The predicted molar refractivity (Wildman–Crippen MR) is 36.7 cm³/mol. The summed E-state index contributed by atoms with van der Waals surface area (Å²) >= 11 is 0. The summed E-state index contributed by atoms with van der Waals surface area (Å²) in [5.41, 5.74) is 0. The molecule has 0 atom stereocenters. The third-order valence-electron chi connectivity index (χ3n) is 0. The van der Waals surface area contributed by atoms with Crippen molar-refractivity contribution in [3.63, 3.8) is 0 Å². The fourth-order valence-corrected chi connectivity index (χ4v) is 0. The molecule has 0 fully saturated rings. The van der Waals surface area contributed by atoms with Crippen molar-refractivity contribution in [1.82, 2.24) is 6.15 Å². The molecule has 0 aromatic heterocycles. The summed E-state index contributed by atoms with van der Waals surface area (Å²) in [6.07, 6.45) is 0. The van der Waals surface area contributed by atoms with Crippen LogP contribution in [0.1, 0.15) is 0 Å². The van der Waals surface area contributed by atoms with Crippen molar-refractivity contribution >= 4 is 45.6 Å². The maximum Gasteiger partial charge on any atom is 0.0814 e. The molecule has 3 N–H and O–H groups in total. The summed E-state index contributed by atoms with van der Waals surface area (Å²) < 4.78 is 0. The Morgan fingerprint density at radius 3 is 0.600 bits per heavy atom. The number of rotatable bonds is 0. The van der Waals surface area contributed by atoms with Crippen LogP contribution in [-0.2, 0) is 0 Å². The second-order valence-corrected chi connectivity index (χ2v) is 0. The van der Waals surface area contributed by atoms with Crippen LogP contribution in [-0.4, -0.2) is 8.41 Å². The lowest BCUT2D eigenvalue weighted by molar-refractivity contribution is 2.13. The van der Waals surface area contributed by atoms with Crippen molar-refractivity contribution in [2.45, 2.75) is 0 Å². The molecular weight excluding hydrogens is 131 g/mol. The van der Waals surface area contributed by atoms with Crippen molar-refractivity contribution in [1.29, 1.82) is 0 Å². The minimum atomic E-state index is 0. The van der Waals surface area contributed by atoms with E-state index in [2.05, 4.69) is 0 Å². The number of halogens is 3. The van der Waals surface area contributed by atoms with Gasteiger partial charge in [0.1, 0.15) is 0 Å². The highest BCUT2D eigenvalue weighted by Gasteiger charge is 0.0814. The van der Waals surface area contributed by atoms with Gasteiger partial charge in [0, 0.05) is 0 Å². The van der Waals surface area contributed by atoms with Gasteiger partial charge in [0.15, 0.2) is 0 Å². The standard InChI is InChI=1S/BH3.3ClH.H3N/h1H3;3*1H;1H3. The summed E-state index contributed by atoms with van der Waals surface area (Å²) in [5, 5.41) is 0. The molecule has 1 nitrogen and oxygen atoms in total. The van der Waals surface area contributed by atoms with Gasteiger partial charge in [0.25, 0.3) is 0 Å². The smallest absolute Gasteiger partial charge is 0.0814 e. The van der Waals surface area contributed by atoms with Gasteiger partial charge in [-0.1, -0.05) is 0 Å². The Morgan fingerprint density at radius 2 is 0.600 bits per heavy atom. The summed E-state index contributed by atoms with van der Waals surface area (Å²) in [6, 6.07) is 0. The fraction of sp³-hybridized carbons (Fsp3) is 0. The maximum absolute atomic E-state index is 0. The summed E-state index contributed by atoms with van der Waals surface area (Å²) in [6.45, 7) is 0. The van der Waals surface area contributed by atoms with E-state index in [0.29, 0.717) is 0 Å². The average molecular weight is 140 g/mol. The molecular formula is H9BCl3N. The van der Waals surface area contributed by atoms with Gasteiger partial charge in [-0.15, -0.1) is 37.2 Å². The first-order valence-corrected chi connectivity index (χ1v) is 0. The molecule has 0 aliphatic heterocycles. The van der Waals surface area contributed by atoms with Crippen LogP contribution >= 0.6 is 37.2 Å². The van der Waals surface area contributed by atoms with Crippen LogP contribution in [0.2, 0.25) is 0 Å². The van der Waals surface area contributed by atoms with Crippen molar-refractivity contribution in [2.24, 2.45) is 0 Å². The Hall–Kier alpha value is 0.895. The quantitative estimate of drug-likeness (QED) is 0.481. The third kappa shape index (κ3) is 51.2. The van der Waals surface area contributed by atoms with Gasteiger partial charge in [0.05, 0.1) is 8.41 Å². The van der Waals surface area contributed by atoms with Crippen molar-refractivity contribution < 1.29 is 0 Å². The highest BCUT2D eigenvalue weighted by Crippen LogP contribution is 0.692. The van der Waals surface area contributed by atoms with E-state index in [1.165, 1.54) is 0 Å². The van der Waals surface area contributed by atoms with E-state index in [1.54, 1.807) is 0 Å². The second-order valence-electron chi connectivity index (χ2n) is 0. The van der Waals surface area contributed by atoms with E-state index < -0.39 is 0 Å². The molecule has 0 spiro atoms. The van der Waals surface area contributed by atoms with Crippen molar-refractivity contribution in [3.8, 4) is 0 Å². The first kappa shape index (κ1) is 176. The molecule has 0 saturated carbocycles. The van der Waals surface area contributed by atoms with Gasteiger partial charge in [0.2, 0.25) is 0 Å². The van der Waals surface area contributed by atoms with E-state index >= 15 is 0 Å². The Kier molecular flexibility index (Phi) is 3270. The molecule has 0 bridgehead atoms. The molecule has 0 amide bonds. The van der Waals surface area contributed by atoms with Crippen LogP contribution in [0.4, 0.5) is 0 Å². The molecule has 0 rings (SSSR count). The highest BCUT2D eigenvalue weighted by atomic mass is 35.5. The lowest BCUT2D eigenvalue weighted by atomic mass is 10.8. The molecule has 0 heterocycles. The molecule has 5 heavy (non-hydrogen) atoms. The minimum absolute atomic E-state index is 0. The molecule has 0 aliphatic carbocycles. The Bertz CT molecular complexity index is 6.85. The first-order valence-electron chi connectivity index (χ1n) is 0. The van der Waals surface area contributed by atoms with Crippen molar-refractivity contribution in [3.05, 3.63) is 0 Å². The van der Waals surface area contributed by atoms with Gasteiger partial charge in [-0.25, -0.2) is 0 Å². The molecule has 0 aromatic rings. The van der Waals surface area contributed by atoms with Crippen LogP contribution in [0.25, 0.3) is 0 Å². The first-order chi connectivity index (χ1) is 0. The lowest BCUT2D eigenvalue weighted by Crippen LogP contribution is -0.481. The Labute approximate surface area is 52.3 Å². The summed E-state index contributed by atoms with van der Waals surface area (Å²) in [4.78, 5) is 0. The van der Waals surface area contributed by atoms with Gasteiger partial charge in [-0.3, -0.25) is 0 Å². The SMILES string of the molecule is B.Cl.Cl.Cl.N. The molecule has 5 heteroatoms. The predicted octanol–water partition coefficient (Wildman–Crippen LogP) is 0.243. The van der Waals surface area contributed by atoms with Crippen molar-refractivity contribution in [2.75, 3.05) is 0 Å². The van der Waals surface area contributed by atoms with Crippen LogP contribution in [0.15, 0.2) is 0 Å². The second kappa shape index (κ2) is 92.7. The van der Waals surface area contributed by atoms with E-state index in [9.17, 15) is 0 Å². The van der Waals surface area contributed by atoms with Crippen LogP contribution < -0.4 is 6.15 Å². The topological polar surface area (TPSA) is 35.0 Å². The van der Waals surface area contributed by atoms with Gasteiger partial charge < -0.3 is 6.15 Å². The monoisotopic (exact) mass is 139 g/mol. The summed E-state index contributed by atoms with van der Waals surface area (Å²) in [5.74, 6) is 0. The average Bonchev–Trinajstić information content (AvgIpc) is 0. The van der Waals surface area contributed by atoms with Crippen LogP contribution in [0.5, 0.6) is 0 Å². The Balaban J connectivity index is 0. The van der Waals surface area contributed by atoms with Crippen LogP contribution in [0.3, 0.4) is 0 Å². The lowest BCUT2D eigenvalue weighted by Gasteiger charge is -0.344. The molecule has 0 aromatic carbocycles. The fourth-order valence-electron chi connectivity index (χ4n) is 0. The zero-order valence-corrected chi connectivity index (χ0v) is 4.38. The molecule has 38 valence electrons. The van der Waals surface area contributed by atoms with Gasteiger partial charge >= 0.3 is 0 Å². The summed E-state index contributed by atoms with van der Waals surface area (Å²) in [7, 11) is 0. The number of hydrogen-bond acceptors (Lipinski definition) is 1. The normalized spacial score (nSPS) is 0. The zero-order valence-electron chi connectivity index (χ0n) is 1.93. The third-order valence-corrected chi connectivity index (χ3v) is 0. The largest absolute Gasteiger partial charge is 0.344 e. The zero-order chi connectivity index (χ0) is 0. The molecule has 0 radical (unpaired) electrons. The van der Waals surface area contributed by atoms with Gasteiger partial charge in [-0.2, -0.15) is 0 Å². The molecule has 0 aliphatic rings. The van der Waals surface area contributed by atoms with Gasteiger partial charge in [-0.05, 0) is 0 Å². The highest BCUT2D eigenvalue weighted by molar-refractivity contribution is 5.86. The van der Waals surface area contributed by atoms with E-state index in [-0.39, 0.29) is 51.8 Å². The van der Waals surface area contributed by atoms with E-state index in [0.717, 1.165) is 0 Å². The number of hydrogen-bond donors (Lipinski definition) is 1. The van der Waals surface area contributed by atoms with Crippen LogP contribution in [0, 0.1) is 0 Å². The maximum atomic E-state index is 0.